The third-order valence-electron chi connectivity index (χ3n) is 7.91. The number of carboxylic acid groups (broad SMARTS) is 1. The van der Waals surface area contributed by atoms with Crippen LogP contribution < -0.4 is 0 Å². The maximum atomic E-state index is 14.4. The van der Waals surface area contributed by atoms with Crippen LogP contribution in [-0.4, -0.2) is 61.4 Å². The van der Waals surface area contributed by atoms with Crippen molar-refractivity contribution in [2.24, 2.45) is 10.8 Å². The third-order valence-corrected chi connectivity index (χ3v) is 8.49. The smallest absolute Gasteiger partial charge is 0.433 e. The quantitative estimate of drug-likeness (QED) is 0.263. The third kappa shape index (κ3) is 6.35. The lowest BCUT2D eigenvalue weighted by Gasteiger charge is -2.47. The van der Waals surface area contributed by atoms with Crippen molar-refractivity contribution < 1.29 is 41.4 Å². The van der Waals surface area contributed by atoms with Crippen LogP contribution in [0.3, 0.4) is 0 Å². The number of aromatic nitrogens is 3. The van der Waals surface area contributed by atoms with E-state index in [-0.39, 0.29) is 41.3 Å². The summed E-state index contributed by atoms with van der Waals surface area (Å²) in [6.45, 7) is 1.76. The average molecular weight is 625 g/mol. The van der Waals surface area contributed by atoms with Gasteiger partial charge in [0.05, 0.1) is 45.4 Å². The van der Waals surface area contributed by atoms with Crippen molar-refractivity contribution in [1.29, 1.82) is 0 Å². The fraction of sp³-hybridized carbons (Fsp3) is 0.577. The van der Waals surface area contributed by atoms with Gasteiger partial charge in [-0.3, -0.25) is 24.0 Å². The van der Waals surface area contributed by atoms with Crippen LogP contribution in [0.25, 0.3) is 0 Å². The minimum absolute atomic E-state index is 0.0790. The van der Waals surface area contributed by atoms with Crippen LogP contribution in [0.5, 0.6) is 0 Å². The summed E-state index contributed by atoms with van der Waals surface area (Å²) in [4.78, 5) is 43.0. The minimum Gasteiger partial charge on any atom is -0.481 e. The molecule has 0 spiro atoms. The lowest BCUT2D eigenvalue weighted by molar-refractivity contribution is -0.158. The summed E-state index contributed by atoms with van der Waals surface area (Å²) in [5, 5.41) is 13.0. The highest BCUT2D eigenvalue weighted by Crippen LogP contribution is 2.52. The molecule has 224 valence electrons. The Morgan fingerprint density at radius 2 is 1.63 bits per heavy atom. The van der Waals surface area contributed by atoms with Gasteiger partial charge in [0.2, 0.25) is 5.92 Å². The number of carbonyl (C=O) groups is 3. The Kier molecular flexibility index (Phi) is 8.20. The van der Waals surface area contributed by atoms with Crippen LogP contribution in [0.1, 0.15) is 84.8 Å². The molecule has 0 radical (unpaired) electrons. The fourth-order valence-electron chi connectivity index (χ4n) is 5.85. The van der Waals surface area contributed by atoms with E-state index in [0.717, 1.165) is 23.5 Å². The van der Waals surface area contributed by atoms with Crippen LogP contribution >= 0.6 is 23.2 Å². The summed E-state index contributed by atoms with van der Waals surface area (Å²) in [6, 6.07) is -0.826. The maximum absolute atomic E-state index is 14.4. The topological polar surface area (TPSA) is 105 Å². The lowest BCUT2D eigenvalue weighted by atomic mass is 9.67. The molecule has 15 heteroatoms. The first kappa shape index (κ1) is 31.1. The molecule has 0 atom stereocenters. The van der Waals surface area contributed by atoms with Gasteiger partial charge in [-0.2, -0.15) is 18.3 Å². The normalized spacial score (nSPS) is 23.5. The Hall–Kier alpha value is -2.80. The molecule has 4 rings (SSSR count). The molecule has 0 aromatic carbocycles. The molecule has 2 aromatic heterocycles. The number of ketones is 1. The first-order valence-corrected chi connectivity index (χ1v) is 13.5. The number of carboxylic acids is 1. The molecule has 1 amide bonds. The largest absolute Gasteiger partial charge is 0.481 e. The highest BCUT2D eigenvalue weighted by Gasteiger charge is 2.55. The van der Waals surface area contributed by atoms with Gasteiger partial charge in [-0.1, -0.05) is 30.1 Å². The van der Waals surface area contributed by atoms with Gasteiger partial charge >= 0.3 is 12.1 Å². The van der Waals surface area contributed by atoms with E-state index < -0.39 is 83.8 Å². The van der Waals surface area contributed by atoms with E-state index in [1.165, 1.54) is 13.8 Å². The van der Waals surface area contributed by atoms with E-state index in [0.29, 0.717) is 4.68 Å². The Bertz CT molecular complexity index is 1340. The van der Waals surface area contributed by atoms with Crippen LogP contribution in [0.2, 0.25) is 10.0 Å². The van der Waals surface area contributed by atoms with Crippen LogP contribution in [0, 0.1) is 10.8 Å². The van der Waals surface area contributed by atoms with E-state index in [1.807, 2.05) is 0 Å². The average Bonchev–Trinajstić information content (AvgIpc) is 3.28. The molecule has 0 saturated heterocycles. The Labute approximate surface area is 241 Å². The summed E-state index contributed by atoms with van der Waals surface area (Å²) in [7, 11) is 0. The second-order valence-corrected chi connectivity index (χ2v) is 12.3. The van der Waals surface area contributed by atoms with Crippen LogP contribution in [0.15, 0.2) is 18.6 Å². The summed E-state index contributed by atoms with van der Waals surface area (Å²) in [5.74, 6) is -6.08. The van der Waals surface area contributed by atoms with Gasteiger partial charge in [0, 0.05) is 31.8 Å². The molecular formula is C26H27Cl2F5N4O4. The first-order valence-electron chi connectivity index (χ1n) is 12.7. The number of halogens is 7. The van der Waals surface area contributed by atoms with Gasteiger partial charge in [-0.05, 0) is 38.0 Å². The van der Waals surface area contributed by atoms with Crippen molar-refractivity contribution in [3.05, 3.63) is 45.5 Å². The molecule has 2 fully saturated rings. The number of alkyl halides is 5. The van der Waals surface area contributed by atoms with Crippen molar-refractivity contribution in [3.8, 4) is 0 Å². The van der Waals surface area contributed by atoms with Crippen molar-refractivity contribution in [3.63, 3.8) is 0 Å². The van der Waals surface area contributed by atoms with E-state index >= 15 is 0 Å². The van der Waals surface area contributed by atoms with Crippen LogP contribution in [0.4, 0.5) is 22.0 Å². The summed E-state index contributed by atoms with van der Waals surface area (Å²) in [6.07, 6.45) is -2.91. The van der Waals surface area contributed by atoms with Gasteiger partial charge in [0.15, 0.2) is 11.5 Å². The number of aliphatic carboxylic acids is 1. The summed E-state index contributed by atoms with van der Waals surface area (Å²) < 4.78 is 71.5. The maximum Gasteiger partial charge on any atom is 0.433 e. The molecule has 1 N–H and O–H groups in total. The second-order valence-electron chi connectivity index (χ2n) is 11.5. The molecule has 8 nitrogen and oxygen atoms in total. The van der Waals surface area contributed by atoms with E-state index in [4.69, 9.17) is 23.2 Å². The van der Waals surface area contributed by atoms with Crippen molar-refractivity contribution in [2.45, 2.75) is 70.5 Å². The number of rotatable bonds is 8. The van der Waals surface area contributed by atoms with Gasteiger partial charge in [0.1, 0.15) is 0 Å². The number of pyridine rings is 1. The molecule has 41 heavy (non-hydrogen) atoms. The molecule has 0 aliphatic heterocycles. The molecule has 2 aliphatic carbocycles. The predicted octanol–water partition coefficient (Wildman–Crippen LogP) is 6.57. The zero-order valence-electron chi connectivity index (χ0n) is 22.1. The Morgan fingerprint density at radius 3 is 2.12 bits per heavy atom. The second kappa shape index (κ2) is 10.8. The van der Waals surface area contributed by atoms with Gasteiger partial charge in [-0.25, -0.2) is 8.78 Å². The highest BCUT2D eigenvalue weighted by molar-refractivity contribution is 6.39. The fourth-order valence-corrected chi connectivity index (χ4v) is 6.42. The molecule has 2 aliphatic rings. The SMILES string of the molecule is CC1(CN(CC(=O)c2c(Cl)cncc2Cl)C(=O)c2cnn(C3CCC(C)(C(=O)O)CC3)c2C(F)(F)F)CC(F)(F)C1. The number of nitrogens with zero attached hydrogens (tertiary/aromatic N) is 4. The number of carbonyl (C=O) groups excluding carboxylic acids is 2. The van der Waals surface area contributed by atoms with Crippen molar-refractivity contribution >= 4 is 40.9 Å². The highest BCUT2D eigenvalue weighted by atomic mass is 35.5. The molecule has 2 heterocycles. The zero-order valence-corrected chi connectivity index (χ0v) is 23.6. The molecule has 2 saturated carbocycles. The number of amides is 1. The predicted molar refractivity (Wildman–Crippen MR) is 137 cm³/mol. The summed E-state index contributed by atoms with van der Waals surface area (Å²) in [5.41, 5.74) is -4.66. The van der Waals surface area contributed by atoms with E-state index in [9.17, 15) is 41.4 Å². The van der Waals surface area contributed by atoms with Gasteiger partial charge in [0.25, 0.3) is 5.91 Å². The van der Waals surface area contributed by atoms with Crippen molar-refractivity contribution in [1.82, 2.24) is 19.7 Å². The number of hydrogen-bond donors (Lipinski definition) is 1. The van der Waals surface area contributed by atoms with Crippen LogP contribution in [-0.2, 0) is 11.0 Å². The molecule has 0 bridgehead atoms. The number of hydrogen-bond acceptors (Lipinski definition) is 5. The minimum atomic E-state index is -5.05. The lowest BCUT2D eigenvalue weighted by Crippen LogP contribution is -2.52. The molecule has 2 aromatic rings. The van der Waals surface area contributed by atoms with E-state index in [2.05, 4.69) is 10.1 Å². The first-order chi connectivity index (χ1) is 18.9. The molecular weight excluding hydrogens is 598 g/mol. The Balaban J connectivity index is 1.69. The summed E-state index contributed by atoms with van der Waals surface area (Å²) >= 11 is 12.1. The zero-order chi connectivity index (χ0) is 30.5. The van der Waals surface area contributed by atoms with Crippen molar-refractivity contribution in [2.75, 3.05) is 13.1 Å². The number of Topliss-reactive ketones (excluding diaryl/α,β-unsaturated/α-hetero) is 1. The van der Waals surface area contributed by atoms with Gasteiger partial charge < -0.3 is 10.0 Å². The monoisotopic (exact) mass is 624 g/mol. The molecule has 0 unspecified atom stereocenters. The van der Waals surface area contributed by atoms with E-state index in [1.54, 1.807) is 0 Å². The Morgan fingerprint density at radius 1 is 1.07 bits per heavy atom. The van der Waals surface area contributed by atoms with Gasteiger partial charge in [-0.15, -0.1) is 0 Å². The standard InChI is InChI=1S/C26H27Cl2F5N4O4/c1-23(11-25(29,30)12-23)13-36(10-18(38)19-16(27)8-34-9-17(19)28)21(39)15-7-35-37(20(15)26(31,32)33)14-3-5-24(2,6-4-14)22(40)41/h7-9,14H,3-6,10-13H2,1-2H3,(H,40,41).